The Hall–Kier alpha value is -1.64. The van der Waals surface area contributed by atoms with Crippen molar-refractivity contribution in [3.8, 4) is 11.4 Å². The molecule has 82 valence electrons. The van der Waals surface area contributed by atoms with Gasteiger partial charge >= 0.3 is 0 Å². The molecule has 0 saturated heterocycles. The molecule has 0 spiro atoms. The maximum absolute atomic E-state index is 4.61. The topological polar surface area (TPSA) is 30.7 Å². The number of aromatic nitrogens is 3. The lowest BCUT2D eigenvalue weighted by Crippen LogP contribution is -2.13. The molecule has 0 amide bonds. The first-order valence-electron chi connectivity index (χ1n) is 5.62. The molecule has 3 heterocycles. The summed E-state index contributed by atoms with van der Waals surface area (Å²) in [7, 11) is 0. The van der Waals surface area contributed by atoms with E-state index in [-0.39, 0.29) is 0 Å². The van der Waals surface area contributed by atoms with Gasteiger partial charge in [-0.1, -0.05) is 19.9 Å². The molecular formula is C13H15N3. The summed E-state index contributed by atoms with van der Waals surface area (Å²) >= 11 is 0. The summed E-state index contributed by atoms with van der Waals surface area (Å²) in [6.07, 6.45) is 2.91. The first-order chi connectivity index (χ1) is 7.64. The van der Waals surface area contributed by atoms with Crippen molar-refractivity contribution in [1.82, 2.24) is 14.8 Å². The summed E-state index contributed by atoms with van der Waals surface area (Å²) in [5, 5.41) is 4.61. The van der Waals surface area contributed by atoms with Crippen LogP contribution in [0, 0.1) is 5.41 Å². The molecule has 0 aromatic carbocycles. The third kappa shape index (κ3) is 1.52. The highest BCUT2D eigenvalue weighted by Crippen LogP contribution is 2.32. The maximum atomic E-state index is 4.61. The molecule has 2 aromatic rings. The third-order valence-electron chi connectivity index (χ3n) is 3.03. The molecule has 2 aromatic heterocycles. The Bertz CT molecular complexity index is 486. The van der Waals surface area contributed by atoms with E-state index in [1.54, 1.807) is 0 Å². The van der Waals surface area contributed by atoms with Crippen LogP contribution >= 0.6 is 0 Å². The van der Waals surface area contributed by atoms with E-state index in [4.69, 9.17) is 0 Å². The van der Waals surface area contributed by atoms with Crippen LogP contribution in [-0.4, -0.2) is 14.8 Å². The monoisotopic (exact) mass is 213 g/mol. The molecule has 3 rings (SSSR count). The molecule has 16 heavy (non-hydrogen) atoms. The van der Waals surface area contributed by atoms with Crippen LogP contribution in [0.5, 0.6) is 0 Å². The summed E-state index contributed by atoms with van der Waals surface area (Å²) in [4.78, 5) is 4.32. The molecular weight excluding hydrogens is 198 g/mol. The van der Waals surface area contributed by atoms with Gasteiger partial charge in [-0.25, -0.2) is 0 Å². The number of rotatable bonds is 1. The number of nitrogens with zero attached hydrogens (tertiary/aromatic N) is 3. The second-order valence-corrected chi connectivity index (χ2v) is 5.23. The fourth-order valence-electron chi connectivity index (χ4n) is 2.33. The van der Waals surface area contributed by atoms with Gasteiger partial charge in [-0.15, -0.1) is 0 Å². The molecule has 0 atom stereocenters. The second-order valence-electron chi connectivity index (χ2n) is 5.23. The molecule has 0 saturated carbocycles. The minimum absolute atomic E-state index is 0.352. The van der Waals surface area contributed by atoms with Gasteiger partial charge < -0.3 is 0 Å². The normalized spacial score (nSPS) is 17.4. The van der Waals surface area contributed by atoms with Gasteiger partial charge in [0.05, 0.1) is 5.69 Å². The average molecular weight is 213 g/mol. The zero-order chi connectivity index (χ0) is 11.2. The van der Waals surface area contributed by atoms with Crippen molar-refractivity contribution < 1.29 is 0 Å². The van der Waals surface area contributed by atoms with Crippen molar-refractivity contribution in [3.05, 3.63) is 36.2 Å². The number of fused-ring (bicyclic) bond motifs is 1. The lowest BCUT2D eigenvalue weighted by Gasteiger charge is -2.14. The van der Waals surface area contributed by atoms with E-state index in [1.807, 2.05) is 24.4 Å². The highest BCUT2D eigenvalue weighted by Gasteiger charge is 2.30. The van der Waals surface area contributed by atoms with Crippen molar-refractivity contribution >= 4 is 0 Å². The van der Waals surface area contributed by atoms with E-state index in [1.165, 1.54) is 5.69 Å². The second kappa shape index (κ2) is 3.17. The van der Waals surface area contributed by atoms with Gasteiger partial charge in [0.25, 0.3) is 0 Å². The fraction of sp³-hybridized carbons (Fsp3) is 0.385. The molecule has 0 radical (unpaired) electrons. The van der Waals surface area contributed by atoms with E-state index < -0.39 is 0 Å². The van der Waals surface area contributed by atoms with Gasteiger partial charge in [-0.05, 0) is 30.0 Å². The van der Waals surface area contributed by atoms with E-state index in [0.29, 0.717) is 5.41 Å². The zero-order valence-electron chi connectivity index (χ0n) is 9.64. The van der Waals surface area contributed by atoms with Gasteiger partial charge in [-0.3, -0.25) is 9.67 Å². The van der Waals surface area contributed by atoms with Crippen molar-refractivity contribution in [1.29, 1.82) is 0 Å². The molecule has 1 aliphatic heterocycles. The zero-order valence-corrected chi connectivity index (χ0v) is 9.64. The fourth-order valence-corrected chi connectivity index (χ4v) is 2.33. The predicted molar refractivity (Wildman–Crippen MR) is 62.9 cm³/mol. The van der Waals surface area contributed by atoms with Gasteiger partial charge in [-0.2, -0.15) is 5.10 Å². The number of hydrogen-bond donors (Lipinski definition) is 0. The first-order valence-corrected chi connectivity index (χ1v) is 5.62. The lowest BCUT2D eigenvalue weighted by molar-refractivity contribution is 0.347. The molecule has 1 aliphatic rings. The Morgan fingerprint density at radius 2 is 2.12 bits per heavy atom. The third-order valence-corrected chi connectivity index (χ3v) is 3.03. The minimum Gasteiger partial charge on any atom is -0.268 e. The van der Waals surface area contributed by atoms with Gasteiger partial charge in [0, 0.05) is 18.4 Å². The maximum Gasteiger partial charge on any atom is 0.111 e. The number of pyridine rings is 1. The molecule has 0 N–H and O–H groups in total. The Kier molecular flexibility index (Phi) is 1.90. The predicted octanol–water partition coefficient (Wildman–Crippen LogP) is 2.53. The standard InChI is InChI=1S/C13H15N3/c1-13(2)8-10-7-12(15-16(10)9-13)11-5-3-4-6-14-11/h3-7H,8-9H2,1-2H3. The van der Waals surface area contributed by atoms with Crippen LogP contribution in [0.4, 0.5) is 0 Å². The molecule has 0 fully saturated rings. The van der Waals surface area contributed by atoms with Crippen molar-refractivity contribution in [3.63, 3.8) is 0 Å². The molecule has 0 bridgehead atoms. The van der Waals surface area contributed by atoms with Crippen LogP contribution in [0.1, 0.15) is 19.5 Å². The Morgan fingerprint density at radius 3 is 2.81 bits per heavy atom. The molecule has 0 aliphatic carbocycles. The molecule has 0 unspecified atom stereocenters. The quantitative estimate of drug-likeness (QED) is 0.728. The summed E-state index contributed by atoms with van der Waals surface area (Å²) in [5.74, 6) is 0. The highest BCUT2D eigenvalue weighted by atomic mass is 15.3. The van der Waals surface area contributed by atoms with Crippen LogP contribution in [0.15, 0.2) is 30.5 Å². The molecule has 3 heteroatoms. The van der Waals surface area contributed by atoms with E-state index >= 15 is 0 Å². The van der Waals surface area contributed by atoms with Crippen LogP contribution in [-0.2, 0) is 13.0 Å². The summed E-state index contributed by atoms with van der Waals surface area (Å²) < 4.78 is 2.12. The van der Waals surface area contributed by atoms with E-state index in [2.05, 4.69) is 34.7 Å². The summed E-state index contributed by atoms with van der Waals surface area (Å²) in [5.41, 5.74) is 3.63. The minimum atomic E-state index is 0.352. The largest absolute Gasteiger partial charge is 0.268 e. The Labute approximate surface area is 95.1 Å². The summed E-state index contributed by atoms with van der Waals surface area (Å²) in [6, 6.07) is 8.09. The van der Waals surface area contributed by atoms with Gasteiger partial charge in [0.15, 0.2) is 0 Å². The Morgan fingerprint density at radius 1 is 1.25 bits per heavy atom. The highest BCUT2D eigenvalue weighted by molar-refractivity contribution is 5.54. The van der Waals surface area contributed by atoms with E-state index in [0.717, 1.165) is 24.4 Å². The lowest BCUT2D eigenvalue weighted by atomic mass is 9.91. The van der Waals surface area contributed by atoms with Crippen LogP contribution in [0.2, 0.25) is 0 Å². The molecule has 3 nitrogen and oxygen atoms in total. The van der Waals surface area contributed by atoms with Crippen LogP contribution in [0.25, 0.3) is 11.4 Å². The SMILES string of the molecule is CC1(C)Cc2cc(-c3ccccn3)nn2C1. The number of hydrogen-bond acceptors (Lipinski definition) is 2. The van der Waals surface area contributed by atoms with Crippen molar-refractivity contribution in [2.24, 2.45) is 5.41 Å². The van der Waals surface area contributed by atoms with Gasteiger partial charge in [0.2, 0.25) is 0 Å². The van der Waals surface area contributed by atoms with Crippen molar-refractivity contribution in [2.45, 2.75) is 26.8 Å². The first kappa shape index (κ1) is 9.58. The van der Waals surface area contributed by atoms with Crippen LogP contribution < -0.4 is 0 Å². The average Bonchev–Trinajstić information content (AvgIpc) is 2.72. The van der Waals surface area contributed by atoms with Crippen molar-refractivity contribution in [2.75, 3.05) is 0 Å². The smallest absolute Gasteiger partial charge is 0.111 e. The van der Waals surface area contributed by atoms with E-state index in [9.17, 15) is 0 Å². The van der Waals surface area contributed by atoms with Gasteiger partial charge in [0.1, 0.15) is 5.69 Å². The van der Waals surface area contributed by atoms with Crippen LogP contribution in [0.3, 0.4) is 0 Å². The Balaban J connectivity index is 1.98. The summed E-state index contributed by atoms with van der Waals surface area (Å²) in [6.45, 7) is 5.57.